The molecule has 0 aliphatic rings. The van der Waals surface area contributed by atoms with Crippen LogP contribution < -0.4 is 0 Å². The maximum Gasteiger partial charge on any atom is 0.262 e. The Morgan fingerprint density at radius 2 is 2.07 bits per heavy atom. The summed E-state index contributed by atoms with van der Waals surface area (Å²) in [7, 11) is 1.52. The van der Waals surface area contributed by atoms with Crippen LogP contribution >= 0.6 is 33.6 Å². The van der Waals surface area contributed by atoms with Crippen molar-refractivity contribution in [3.05, 3.63) is 22.7 Å². The van der Waals surface area contributed by atoms with Gasteiger partial charge in [0.15, 0.2) is 4.47 Å². The van der Waals surface area contributed by atoms with Crippen molar-refractivity contribution in [2.24, 2.45) is 0 Å². The molecule has 7 heteroatoms. The molecule has 1 aromatic carbocycles. The van der Waals surface area contributed by atoms with Gasteiger partial charge in [-0.2, -0.15) is 0 Å². The van der Waals surface area contributed by atoms with Crippen LogP contribution in [0.3, 0.4) is 0 Å². The molecule has 0 atom stereocenters. The molecule has 0 radical (unpaired) electrons. The quantitative estimate of drug-likeness (QED) is 0.747. The van der Waals surface area contributed by atoms with Gasteiger partial charge in [-0.3, -0.25) is 0 Å². The predicted octanol–water partition coefficient (Wildman–Crippen LogP) is 2.88. The molecule has 0 aliphatic heterocycles. The van der Waals surface area contributed by atoms with Crippen LogP contribution in [-0.4, -0.2) is 13.4 Å². The highest BCUT2D eigenvalue weighted by atomic mass is 35.7. The highest BCUT2D eigenvalue weighted by molar-refractivity contribution is 8.14. The lowest BCUT2D eigenvalue weighted by atomic mass is 10.3. The van der Waals surface area contributed by atoms with Crippen LogP contribution in [0.5, 0.6) is 0 Å². The van der Waals surface area contributed by atoms with E-state index in [9.17, 15) is 8.42 Å². The lowest BCUT2D eigenvalue weighted by Crippen LogP contribution is -1.89. The van der Waals surface area contributed by atoms with E-state index in [1.54, 1.807) is 12.1 Å². The number of halogens is 2. The fourth-order valence-corrected chi connectivity index (χ4v) is 3.65. The van der Waals surface area contributed by atoms with E-state index in [2.05, 4.69) is 4.98 Å². The van der Waals surface area contributed by atoms with Gasteiger partial charge in [0.05, 0.1) is 10.2 Å². The third kappa shape index (κ3) is 1.72. The van der Waals surface area contributed by atoms with Crippen LogP contribution in [-0.2, 0) is 9.05 Å². The summed E-state index contributed by atoms with van der Waals surface area (Å²) in [6.07, 6.45) is 0. The van der Waals surface area contributed by atoms with Crippen LogP contribution in [0.15, 0.2) is 23.1 Å². The predicted molar refractivity (Wildman–Crippen MR) is 57.7 cm³/mol. The van der Waals surface area contributed by atoms with Crippen molar-refractivity contribution in [1.82, 2.24) is 4.98 Å². The largest absolute Gasteiger partial charge is 0.262 e. The smallest absolute Gasteiger partial charge is 0.225 e. The number of nitrogens with zero attached hydrogens (tertiary/aromatic N) is 1. The average molecular weight is 268 g/mol. The van der Waals surface area contributed by atoms with Crippen molar-refractivity contribution >= 4 is 52.9 Å². The third-order valence-electron chi connectivity index (χ3n) is 1.62. The highest BCUT2D eigenvalue weighted by Gasteiger charge is 2.16. The van der Waals surface area contributed by atoms with E-state index in [4.69, 9.17) is 22.3 Å². The summed E-state index contributed by atoms with van der Waals surface area (Å²) in [5.74, 6) is 0. The van der Waals surface area contributed by atoms with Gasteiger partial charge < -0.3 is 0 Å². The first-order chi connectivity index (χ1) is 6.48. The minimum atomic E-state index is -3.73. The number of benzene rings is 1. The second-order valence-corrected chi connectivity index (χ2v) is 6.62. The highest BCUT2D eigenvalue weighted by Crippen LogP contribution is 2.32. The topological polar surface area (TPSA) is 47.0 Å². The first kappa shape index (κ1) is 10.2. The number of thiazole rings is 1. The summed E-state index contributed by atoms with van der Waals surface area (Å²) in [6.45, 7) is 0. The van der Waals surface area contributed by atoms with Crippen LogP contribution in [0.1, 0.15) is 0 Å². The van der Waals surface area contributed by atoms with Gasteiger partial charge in [-0.1, -0.05) is 17.7 Å². The molecule has 14 heavy (non-hydrogen) atoms. The van der Waals surface area contributed by atoms with Gasteiger partial charge in [0.1, 0.15) is 4.90 Å². The standard InChI is InChI=1S/C7H3Cl2NO2S2/c8-7-10-4-2-1-3-5(6(4)13-7)14(9,11)12/h1-3H. The van der Waals surface area contributed by atoms with E-state index in [0.717, 1.165) is 11.3 Å². The molecule has 2 rings (SSSR count). The maximum atomic E-state index is 11.2. The minimum absolute atomic E-state index is 0.0565. The molecule has 0 spiro atoms. The Kier molecular flexibility index (Phi) is 2.43. The van der Waals surface area contributed by atoms with Crippen LogP contribution in [0.25, 0.3) is 10.2 Å². The molecule has 0 bridgehead atoms. The zero-order valence-corrected chi connectivity index (χ0v) is 9.71. The summed E-state index contributed by atoms with van der Waals surface area (Å²) in [5.41, 5.74) is 0.543. The molecule has 0 saturated carbocycles. The maximum absolute atomic E-state index is 11.2. The lowest BCUT2D eigenvalue weighted by molar-refractivity contribution is 0.610. The summed E-state index contributed by atoms with van der Waals surface area (Å²) >= 11 is 6.77. The Hall–Kier alpha value is -0.360. The average Bonchev–Trinajstić information content (AvgIpc) is 2.41. The van der Waals surface area contributed by atoms with Gasteiger partial charge in [0.2, 0.25) is 0 Å². The molecule has 3 nitrogen and oxygen atoms in total. The second-order valence-electron chi connectivity index (χ2n) is 2.51. The van der Waals surface area contributed by atoms with Crippen molar-refractivity contribution in [1.29, 1.82) is 0 Å². The number of hydrogen-bond acceptors (Lipinski definition) is 4. The monoisotopic (exact) mass is 267 g/mol. The molecule has 0 N–H and O–H groups in total. The molecule has 2 aromatic rings. The number of aromatic nitrogens is 1. The van der Waals surface area contributed by atoms with Crippen LogP contribution in [0.4, 0.5) is 0 Å². The van der Waals surface area contributed by atoms with Crippen molar-refractivity contribution in [3.63, 3.8) is 0 Å². The Morgan fingerprint density at radius 3 is 2.71 bits per heavy atom. The molecular formula is C7H3Cl2NO2S2. The van der Waals surface area contributed by atoms with E-state index in [1.165, 1.54) is 6.07 Å². The molecule has 0 amide bonds. The lowest BCUT2D eigenvalue weighted by Gasteiger charge is -1.95. The molecule has 0 aliphatic carbocycles. The zero-order chi connectivity index (χ0) is 10.3. The zero-order valence-electron chi connectivity index (χ0n) is 6.57. The Morgan fingerprint density at radius 1 is 1.36 bits per heavy atom. The van der Waals surface area contributed by atoms with Gasteiger partial charge >= 0.3 is 0 Å². The van der Waals surface area contributed by atoms with Gasteiger partial charge in [-0.25, -0.2) is 13.4 Å². The number of rotatable bonds is 1. The fourth-order valence-electron chi connectivity index (χ4n) is 1.09. The summed E-state index contributed by atoms with van der Waals surface area (Å²) in [5, 5.41) is 0. The molecule has 1 heterocycles. The molecular weight excluding hydrogens is 265 g/mol. The van der Waals surface area contributed by atoms with Gasteiger partial charge in [0, 0.05) is 10.7 Å². The normalized spacial score (nSPS) is 12.1. The molecule has 0 unspecified atom stereocenters. The van der Waals surface area contributed by atoms with Crippen LogP contribution in [0.2, 0.25) is 4.47 Å². The van der Waals surface area contributed by atoms with Gasteiger partial charge in [0.25, 0.3) is 9.05 Å². The first-order valence-electron chi connectivity index (χ1n) is 3.48. The minimum Gasteiger partial charge on any atom is -0.225 e. The summed E-state index contributed by atoms with van der Waals surface area (Å²) < 4.78 is 23.1. The number of fused-ring (bicyclic) bond motifs is 1. The van der Waals surface area contributed by atoms with Crippen molar-refractivity contribution < 1.29 is 8.42 Å². The summed E-state index contributed by atoms with van der Waals surface area (Å²) in [6, 6.07) is 4.69. The van der Waals surface area contributed by atoms with Gasteiger partial charge in [-0.05, 0) is 12.1 Å². The Balaban J connectivity index is 2.90. The van der Waals surface area contributed by atoms with Crippen molar-refractivity contribution in [2.75, 3.05) is 0 Å². The Bertz CT molecular complexity index is 591. The molecule has 0 fully saturated rings. The van der Waals surface area contributed by atoms with E-state index in [0.29, 0.717) is 14.7 Å². The fraction of sp³-hybridized carbons (Fsp3) is 0. The third-order valence-corrected chi connectivity index (χ3v) is 4.32. The first-order valence-corrected chi connectivity index (χ1v) is 6.98. The molecule has 1 aromatic heterocycles. The molecule has 0 saturated heterocycles. The van der Waals surface area contributed by atoms with Crippen LogP contribution in [0, 0.1) is 0 Å². The molecule has 74 valence electrons. The van der Waals surface area contributed by atoms with E-state index >= 15 is 0 Å². The van der Waals surface area contributed by atoms with E-state index in [1.807, 2.05) is 0 Å². The van der Waals surface area contributed by atoms with E-state index < -0.39 is 9.05 Å². The second kappa shape index (κ2) is 3.34. The van der Waals surface area contributed by atoms with Crippen molar-refractivity contribution in [3.8, 4) is 0 Å². The Labute approximate surface area is 93.7 Å². The van der Waals surface area contributed by atoms with Crippen molar-refractivity contribution in [2.45, 2.75) is 4.90 Å². The summed E-state index contributed by atoms with van der Waals surface area (Å²) in [4.78, 5) is 4.00. The van der Waals surface area contributed by atoms with E-state index in [-0.39, 0.29) is 4.90 Å². The van der Waals surface area contributed by atoms with Gasteiger partial charge in [-0.15, -0.1) is 11.3 Å². The SMILES string of the molecule is O=S(=O)(Cl)c1cccc2nc(Cl)sc12. The number of hydrogen-bond donors (Lipinski definition) is 0.